The molecule has 1 aliphatic heterocycles. The zero-order valence-electron chi connectivity index (χ0n) is 16.7. The quantitative estimate of drug-likeness (QED) is 0.476. The minimum atomic E-state index is -0.552. The van der Waals surface area contributed by atoms with Gasteiger partial charge in [0.2, 0.25) is 5.90 Å². The molecule has 0 fully saturated rings. The van der Waals surface area contributed by atoms with Crippen molar-refractivity contribution in [3.05, 3.63) is 58.2 Å². The normalized spacial score (nSPS) is 14.8. The van der Waals surface area contributed by atoms with Crippen molar-refractivity contribution in [3.63, 3.8) is 0 Å². The number of rotatable bonds is 7. The maximum Gasteiger partial charge on any atom is 0.363 e. The highest BCUT2D eigenvalue weighted by molar-refractivity contribution is 6.32. The Bertz CT molecular complexity index is 981. The van der Waals surface area contributed by atoms with E-state index in [4.69, 9.17) is 30.5 Å². The number of carbonyl (C=O) groups excluding carboxylic acids is 1. The summed E-state index contributed by atoms with van der Waals surface area (Å²) in [4.78, 5) is 16.7. The average molecular weight is 416 g/mol. The number of carbonyl (C=O) groups is 1. The van der Waals surface area contributed by atoms with Crippen molar-refractivity contribution < 1.29 is 23.7 Å². The maximum atomic E-state index is 12.3. The van der Waals surface area contributed by atoms with Gasteiger partial charge in [0.1, 0.15) is 5.75 Å². The number of methoxy groups -OCH3 is 1. The van der Waals surface area contributed by atoms with Crippen LogP contribution in [-0.4, -0.2) is 31.7 Å². The summed E-state index contributed by atoms with van der Waals surface area (Å²) < 4.78 is 22.0. The van der Waals surface area contributed by atoms with E-state index in [0.29, 0.717) is 40.0 Å². The highest BCUT2D eigenvalue weighted by Crippen LogP contribution is 2.38. The number of halogens is 1. The zero-order chi connectivity index (χ0) is 21.0. The lowest BCUT2D eigenvalue weighted by Gasteiger charge is -2.15. The van der Waals surface area contributed by atoms with Gasteiger partial charge in [0, 0.05) is 0 Å². The van der Waals surface area contributed by atoms with Gasteiger partial charge in [0.05, 0.1) is 30.4 Å². The van der Waals surface area contributed by atoms with Crippen LogP contribution in [-0.2, 0) is 9.53 Å². The Morgan fingerprint density at radius 2 is 1.97 bits per heavy atom. The Labute approximate surface area is 174 Å². The lowest BCUT2D eigenvalue weighted by Crippen LogP contribution is -2.08. The van der Waals surface area contributed by atoms with Crippen LogP contribution >= 0.6 is 11.6 Å². The molecule has 0 amide bonds. The summed E-state index contributed by atoms with van der Waals surface area (Å²) in [6.07, 6.45) is 1.53. The number of benzene rings is 2. The van der Waals surface area contributed by atoms with Crippen molar-refractivity contribution in [2.45, 2.75) is 26.9 Å². The summed E-state index contributed by atoms with van der Waals surface area (Å²) in [5, 5.41) is 0.377. The molecule has 3 rings (SSSR count). The second-order valence-corrected chi connectivity index (χ2v) is 6.87. The number of nitrogens with zero attached hydrogens (tertiary/aromatic N) is 1. The van der Waals surface area contributed by atoms with E-state index in [1.54, 1.807) is 30.3 Å². The number of hydrogen-bond donors (Lipinski definition) is 0. The summed E-state index contributed by atoms with van der Waals surface area (Å²) in [5.74, 6) is 1.17. The monoisotopic (exact) mass is 415 g/mol. The summed E-state index contributed by atoms with van der Waals surface area (Å²) in [6, 6.07) is 10.7. The van der Waals surface area contributed by atoms with Crippen LogP contribution in [0.2, 0.25) is 5.02 Å². The molecule has 0 bridgehead atoms. The fraction of sp³-hybridized carbons (Fsp3) is 0.273. The van der Waals surface area contributed by atoms with Crippen molar-refractivity contribution in [1.82, 2.24) is 0 Å². The Kier molecular flexibility index (Phi) is 6.44. The third kappa shape index (κ3) is 4.71. The van der Waals surface area contributed by atoms with Gasteiger partial charge < -0.3 is 18.9 Å². The first-order chi connectivity index (χ1) is 13.9. The maximum absolute atomic E-state index is 12.3. The predicted molar refractivity (Wildman–Crippen MR) is 112 cm³/mol. The third-order valence-electron chi connectivity index (χ3n) is 3.95. The first kappa shape index (κ1) is 20.7. The number of ether oxygens (including phenoxy) is 4. The highest BCUT2D eigenvalue weighted by Gasteiger charge is 2.26. The zero-order valence-corrected chi connectivity index (χ0v) is 17.4. The molecule has 0 saturated carbocycles. The topological polar surface area (TPSA) is 66.3 Å². The van der Waals surface area contributed by atoms with Crippen LogP contribution in [0.1, 0.15) is 31.9 Å². The van der Waals surface area contributed by atoms with E-state index in [9.17, 15) is 4.79 Å². The summed E-state index contributed by atoms with van der Waals surface area (Å²) >= 11 is 6.36. The molecule has 0 spiro atoms. The van der Waals surface area contributed by atoms with E-state index in [1.807, 2.05) is 32.9 Å². The van der Waals surface area contributed by atoms with E-state index in [0.717, 1.165) is 0 Å². The second-order valence-electron chi connectivity index (χ2n) is 6.47. The van der Waals surface area contributed by atoms with Crippen LogP contribution in [0.15, 0.2) is 47.1 Å². The van der Waals surface area contributed by atoms with Gasteiger partial charge in [0.15, 0.2) is 17.2 Å². The molecule has 0 aromatic heterocycles. The van der Waals surface area contributed by atoms with Gasteiger partial charge in [-0.2, -0.15) is 0 Å². The van der Waals surface area contributed by atoms with E-state index in [2.05, 4.69) is 4.99 Å². The molecular formula is C22H22ClNO5. The Balaban J connectivity index is 1.97. The molecule has 7 heteroatoms. The standard InChI is InChI=1S/C22H22ClNO5/c1-5-27-18-9-7-6-8-15(18)21-24-17(22(25)29-21)11-14-10-16(23)20(28-13(2)3)19(12-14)26-4/h6-13H,5H2,1-4H3/b17-11-. The molecule has 6 nitrogen and oxygen atoms in total. The highest BCUT2D eigenvalue weighted by atomic mass is 35.5. The molecule has 2 aromatic rings. The van der Waals surface area contributed by atoms with Crippen molar-refractivity contribution in [3.8, 4) is 17.2 Å². The molecule has 0 radical (unpaired) electrons. The molecule has 1 aliphatic rings. The van der Waals surface area contributed by atoms with Gasteiger partial charge in [0.25, 0.3) is 0 Å². The molecule has 2 aromatic carbocycles. The van der Waals surface area contributed by atoms with Crippen LogP contribution in [0.3, 0.4) is 0 Å². The van der Waals surface area contributed by atoms with Gasteiger partial charge in [-0.25, -0.2) is 9.79 Å². The van der Waals surface area contributed by atoms with E-state index in [1.165, 1.54) is 7.11 Å². The lowest BCUT2D eigenvalue weighted by atomic mass is 10.1. The number of esters is 1. The number of hydrogen-bond acceptors (Lipinski definition) is 6. The SMILES string of the molecule is CCOc1ccccc1C1=N/C(=C\c2cc(Cl)c(OC(C)C)c(OC)c2)C(=O)O1. The fourth-order valence-corrected chi connectivity index (χ4v) is 3.04. The molecular weight excluding hydrogens is 394 g/mol. The van der Waals surface area contributed by atoms with Crippen molar-refractivity contribution in [2.24, 2.45) is 4.99 Å². The van der Waals surface area contributed by atoms with Crippen LogP contribution in [0.25, 0.3) is 6.08 Å². The summed E-state index contributed by atoms with van der Waals surface area (Å²) in [7, 11) is 1.53. The van der Waals surface area contributed by atoms with Crippen molar-refractivity contribution in [1.29, 1.82) is 0 Å². The van der Waals surface area contributed by atoms with Gasteiger partial charge in [-0.3, -0.25) is 0 Å². The van der Waals surface area contributed by atoms with E-state index < -0.39 is 5.97 Å². The lowest BCUT2D eigenvalue weighted by molar-refractivity contribution is -0.129. The van der Waals surface area contributed by atoms with Gasteiger partial charge in [-0.05, 0) is 56.7 Å². The van der Waals surface area contributed by atoms with Crippen molar-refractivity contribution >= 4 is 29.5 Å². The average Bonchev–Trinajstić information content (AvgIpc) is 3.04. The predicted octanol–water partition coefficient (Wildman–Crippen LogP) is 4.88. The van der Waals surface area contributed by atoms with Crippen LogP contribution < -0.4 is 14.2 Å². The van der Waals surface area contributed by atoms with Gasteiger partial charge in [-0.15, -0.1) is 0 Å². The van der Waals surface area contributed by atoms with Gasteiger partial charge >= 0.3 is 5.97 Å². The summed E-state index contributed by atoms with van der Waals surface area (Å²) in [6.45, 7) is 6.17. The van der Waals surface area contributed by atoms with Crippen LogP contribution in [0.5, 0.6) is 17.2 Å². The van der Waals surface area contributed by atoms with Crippen LogP contribution in [0.4, 0.5) is 0 Å². The smallest absolute Gasteiger partial charge is 0.363 e. The third-order valence-corrected chi connectivity index (χ3v) is 4.23. The molecule has 152 valence electrons. The molecule has 0 atom stereocenters. The minimum absolute atomic E-state index is 0.0621. The van der Waals surface area contributed by atoms with Crippen LogP contribution in [0, 0.1) is 0 Å². The molecule has 0 N–H and O–H groups in total. The fourth-order valence-electron chi connectivity index (χ4n) is 2.78. The number of para-hydroxylation sites is 1. The molecule has 0 saturated heterocycles. The molecule has 0 aliphatic carbocycles. The number of cyclic esters (lactones) is 1. The Morgan fingerprint density at radius 3 is 2.66 bits per heavy atom. The largest absolute Gasteiger partial charge is 0.493 e. The van der Waals surface area contributed by atoms with Gasteiger partial charge in [-0.1, -0.05) is 23.7 Å². The Hall–Kier alpha value is -2.99. The first-order valence-electron chi connectivity index (χ1n) is 9.21. The second kappa shape index (κ2) is 9.01. The van der Waals surface area contributed by atoms with E-state index >= 15 is 0 Å². The van der Waals surface area contributed by atoms with E-state index in [-0.39, 0.29) is 17.7 Å². The number of aliphatic imine (C=N–C) groups is 1. The molecule has 1 heterocycles. The Morgan fingerprint density at radius 1 is 1.21 bits per heavy atom. The molecule has 0 unspecified atom stereocenters. The first-order valence-corrected chi connectivity index (χ1v) is 9.59. The summed E-state index contributed by atoms with van der Waals surface area (Å²) in [5.41, 5.74) is 1.40. The van der Waals surface area contributed by atoms with Crippen molar-refractivity contribution in [2.75, 3.05) is 13.7 Å². The minimum Gasteiger partial charge on any atom is -0.493 e. The molecule has 29 heavy (non-hydrogen) atoms.